The zero-order chi connectivity index (χ0) is 17.8. The first-order chi connectivity index (χ1) is 12.1. The number of ketones is 1. The molecule has 0 fully saturated rings. The molecular weight excluding hydrogens is 336 g/mol. The van der Waals surface area contributed by atoms with Gasteiger partial charge >= 0.3 is 5.97 Å². The summed E-state index contributed by atoms with van der Waals surface area (Å²) in [7, 11) is 0. The number of thiophene rings is 1. The zero-order valence-corrected chi connectivity index (χ0v) is 14.3. The van der Waals surface area contributed by atoms with E-state index in [2.05, 4.69) is 0 Å². The Bertz CT molecular complexity index is 882. The Morgan fingerprint density at radius 1 is 1.00 bits per heavy atom. The summed E-state index contributed by atoms with van der Waals surface area (Å²) >= 11 is 1.34. The number of phenols is 1. The third-order valence-corrected chi connectivity index (χ3v) is 4.70. The lowest BCUT2D eigenvalue weighted by Crippen LogP contribution is -2.17. The number of hydrogen-bond acceptors (Lipinski definition) is 5. The molecule has 5 heteroatoms. The molecule has 126 valence electrons. The van der Waals surface area contributed by atoms with Crippen molar-refractivity contribution in [2.24, 2.45) is 0 Å². The van der Waals surface area contributed by atoms with E-state index < -0.39 is 11.9 Å². The first-order valence-electron chi connectivity index (χ1n) is 7.74. The first kappa shape index (κ1) is 16.9. The largest absolute Gasteiger partial charge is 0.508 e. The van der Waals surface area contributed by atoms with Crippen molar-refractivity contribution in [1.29, 1.82) is 0 Å². The van der Waals surface area contributed by atoms with E-state index in [9.17, 15) is 14.7 Å². The summed E-state index contributed by atoms with van der Waals surface area (Å²) in [5, 5.41) is 11.2. The van der Waals surface area contributed by atoms with Gasteiger partial charge in [0.25, 0.3) is 0 Å². The summed E-state index contributed by atoms with van der Waals surface area (Å²) in [4.78, 5) is 25.6. The maximum Gasteiger partial charge on any atom is 0.318 e. The SMILES string of the molecule is CC(C(=O)Oc1ccccc1C(=O)c1cccs1)c1ccc(O)cc1. The van der Waals surface area contributed by atoms with Crippen LogP contribution in [0.2, 0.25) is 0 Å². The number of esters is 1. The highest BCUT2D eigenvalue weighted by Crippen LogP contribution is 2.26. The van der Waals surface area contributed by atoms with Gasteiger partial charge in [0.05, 0.1) is 16.4 Å². The lowest BCUT2D eigenvalue weighted by atomic mass is 10.0. The molecule has 1 heterocycles. The fourth-order valence-electron chi connectivity index (χ4n) is 2.38. The molecule has 0 spiro atoms. The summed E-state index contributed by atoms with van der Waals surface area (Å²) < 4.78 is 5.49. The topological polar surface area (TPSA) is 63.6 Å². The van der Waals surface area contributed by atoms with Crippen LogP contribution in [0.1, 0.15) is 33.6 Å². The summed E-state index contributed by atoms with van der Waals surface area (Å²) in [5.74, 6) is -0.772. The minimum absolute atomic E-state index is 0.135. The van der Waals surface area contributed by atoms with Crippen LogP contribution in [0, 0.1) is 0 Å². The molecule has 1 N–H and O–H groups in total. The van der Waals surface area contributed by atoms with Gasteiger partial charge < -0.3 is 9.84 Å². The molecule has 3 rings (SSSR count). The predicted octanol–water partition coefficient (Wildman–Crippen LogP) is 4.39. The molecule has 0 radical (unpaired) electrons. The number of rotatable bonds is 5. The van der Waals surface area contributed by atoms with Crippen LogP contribution in [0.3, 0.4) is 0 Å². The maximum absolute atomic E-state index is 12.6. The van der Waals surface area contributed by atoms with Crippen molar-refractivity contribution in [2.45, 2.75) is 12.8 Å². The molecular formula is C20H16O4S. The molecule has 3 aromatic rings. The third-order valence-electron chi connectivity index (χ3n) is 3.83. The van der Waals surface area contributed by atoms with Crippen LogP contribution >= 0.6 is 11.3 Å². The Labute approximate surface area is 149 Å². The van der Waals surface area contributed by atoms with Gasteiger partial charge in [0.1, 0.15) is 11.5 Å². The fraction of sp³-hybridized carbons (Fsp3) is 0.100. The molecule has 0 aliphatic carbocycles. The Morgan fingerprint density at radius 3 is 2.40 bits per heavy atom. The van der Waals surface area contributed by atoms with Gasteiger partial charge in [-0.05, 0) is 48.2 Å². The van der Waals surface area contributed by atoms with Crippen LogP contribution in [0.5, 0.6) is 11.5 Å². The van der Waals surface area contributed by atoms with Crippen molar-refractivity contribution in [1.82, 2.24) is 0 Å². The Balaban J connectivity index is 1.82. The highest BCUT2D eigenvalue weighted by molar-refractivity contribution is 7.12. The van der Waals surface area contributed by atoms with Crippen molar-refractivity contribution in [2.75, 3.05) is 0 Å². The number of phenolic OH excluding ortho intramolecular Hbond substituents is 1. The third kappa shape index (κ3) is 3.78. The molecule has 1 unspecified atom stereocenters. The lowest BCUT2D eigenvalue weighted by Gasteiger charge is -2.13. The van der Waals surface area contributed by atoms with E-state index in [1.807, 2.05) is 5.38 Å². The number of para-hydroxylation sites is 1. The number of aromatic hydroxyl groups is 1. The standard InChI is InChI=1S/C20H16O4S/c1-13(14-8-10-15(21)11-9-14)20(23)24-17-6-3-2-5-16(17)19(22)18-7-4-12-25-18/h2-13,21H,1H3. The molecule has 1 atom stereocenters. The van der Waals surface area contributed by atoms with Crippen molar-refractivity contribution in [3.63, 3.8) is 0 Å². The number of benzene rings is 2. The van der Waals surface area contributed by atoms with Gasteiger partial charge in [-0.15, -0.1) is 11.3 Å². The molecule has 0 aliphatic rings. The molecule has 0 amide bonds. The molecule has 4 nitrogen and oxygen atoms in total. The normalized spacial score (nSPS) is 11.7. The van der Waals surface area contributed by atoms with Gasteiger partial charge in [0, 0.05) is 0 Å². The second-order valence-electron chi connectivity index (χ2n) is 5.54. The Kier molecular flexibility index (Phi) is 4.95. The van der Waals surface area contributed by atoms with Crippen LogP contribution in [0.25, 0.3) is 0 Å². The van der Waals surface area contributed by atoms with Crippen molar-refractivity contribution in [3.8, 4) is 11.5 Å². The summed E-state index contributed by atoms with van der Waals surface area (Å²) in [6.45, 7) is 1.72. The van der Waals surface area contributed by atoms with Crippen LogP contribution in [0.4, 0.5) is 0 Å². The summed E-state index contributed by atoms with van der Waals surface area (Å²) in [5.41, 5.74) is 1.08. The molecule has 0 saturated carbocycles. The Hall–Kier alpha value is -2.92. The van der Waals surface area contributed by atoms with Crippen molar-refractivity contribution >= 4 is 23.1 Å². The van der Waals surface area contributed by atoms with E-state index in [1.54, 1.807) is 55.5 Å². The smallest absolute Gasteiger partial charge is 0.318 e. The maximum atomic E-state index is 12.6. The van der Waals surface area contributed by atoms with E-state index >= 15 is 0 Å². The van der Waals surface area contributed by atoms with E-state index in [-0.39, 0.29) is 17.3 Å². The van der Waals surface area contributed by atoms with Gasteiger partial charge in [-0.25, -0.2) is 0 Å². The average Bonchev–Trinajstić information content (AvgIpc) is 3.16. The number of carbonyl (C=O) groups excluding carboxylic acids is 2. The number of hydrogen-bond donors (Lipinski definition) is 1. The van der Waals surface area contributed by atoms with Crippen LogP contribution in [-0.4, -0.2) is 16.9 Å². The van der Waals surface area contributed by atoms with Crippen molar-refractivity contribution in [3.05, 3.63) is 82.0 Å². The second kappa shape index (κ2) is 7.32. The minimum Gasteiger partial charge on any atom is -0.508 e. The van der Waals surface area contributed by atoms with Crippen LogP contribution < -0.4 is 4.74 Å². The summed E-state index contributed by atoms with van der Waals surface area (Å²) in [6.07, 6.45) is 0. The van der Waals surface area contributed by atoms with Gasteiger partial charge in [0.15, 0.2) is 0 Å². The Morgan fingerprint density at radius 2 is 1.72 bits per heavy atom. The molecule has 0 aliphatic heterocycles. The van der Waals surface area contributed by atoms with Crippen LogP contribution in [-0.2, 0) is 4.79 Å². The van der Waals surface area contributed by atoms with E-state index in [0.717, 1.165) is 5.56 Å². The summed E-state index contributed by atoms with van der Waals surface area (Å²) in [6, 6.07) is 16.7. The minimum atomic E-state index is -0.523. The molecule has 25 heavy (non-hydrogen) atoms. The fourth-order valence-corrected chi connectivity index (χ4v) is 3.06. The molecule has 0 saturated heterocycles. The zero-order valence-electron chi connectivity index (χ0n) is 13.5. The van der Waals surface area contributed by atoms with Gasteiger partial charge in [-0.2, -0.15) is 0 Å². The molecule has 0 bridgehead atoms. The van der Waals surface area contributed by atoms with Gasteiger partial charge in [0.2, 0.25) is 5.78 Å². The van der Waals surface area contributed by atoms with E-state index in [0.29, 0.717) is 10.4 Å². The predicted molar refractivity (Wildman–Crippen MR) is 96.4 cm³/mol. The van der Waals surface area contributed by atoms with E-state index in [1.165, 1.54) is 23.5 Å². The average molecular weight is 352 g/mol. The van der Waals surface area contributed by atoms with Gasteiger partial charge in [-0.3, -0.25) is 9.59 Å². The van der Waals surface area contributed by atoms with Crippen molar-refractivity contribution < 1.29 is 19.4 Å². The van der Waals surface area contributed by atoms with Crippen LogP contribution in [0.15, 0.2) is 66.0 Å². The lowest BCUT2D eigenvalue weighted by molar-refractivity contribution is -0.135. The highest BCUT2D eigenvalue weighted by atomic mass is 32.1. The first-order valence-corrected chi connectivity index (χ1v) is 8.62. The number of carbonyl (C=O) groups is 2. The monoisotopic (exact) mass is 352 g/mol. The molecule has 2 aromatic carbocycles. The van der Waals surface area contributed by atoms with Gasteiger partial charge in [-0.1, -0.05) is 30.3 Å². The quantitative estimate of drug-likeness (QED) is 0.420. The highest BCUT2D eigenvalue weighted by Gasteiger charge is 2.21. The van der Waals surface area contributed by atoms with E-state index in [4.69, 9.17) is 4.74 Å². The second-order valence-corrected chi connectivity index (χ2v) is 6.48. The molecule has 1 aromatic heterocycles. The number of ether oxygens (including phenoxy) is 1.